The second kappa shape index (κ2) is 6.71. The molecule has 1 aliphatic carbocycles. The zero-order chi connectivity index (χ0) is 17.4. The van der Waals surface area contributed by atoms with E-state index in [0.29, 0.717) is 23.0 Å². The first-order chi connectivity index (χ1) is 12.1. The van der Waals surface area contributed by atoms with E-state index in [1.165, 1.54) is 6.07 Å². The summed E-state index contributed by atoms with van der Waals surface area (Å²) in [6.07, 6.45) is 2.97. The minimum atomic E-state index is -0.772. The van der Waals surface area contributed by atoms with E-state index in [-0.39, 0.29) is 11.7 Å². The lowest BCUT2D eigenvalue weighted by atomic mass is 9.67. The van der Waals surface area contributed by atoms with E-state index >= 15 is 0 Å². The number of halogens is 2. The van der Waals surface area contributed by atoms with Gasteiger partial charge in [0.25, 0.3) is 0 Å². The molecule has 2 nitrogen and oxygen atoms in total. The second-order valence-corrected chi connectivity index (χ2v) is 7.92. The molecule has 132 valence electrons. The Morgan fingerprint density at radius 1 is 1.16 bits per heavy atom. The van der Waals surface area contributed by atoms with Gasteiger partial charge in [0.1, 0.15) is 5.82 Å². The summed E-state index contributed by atoms with van der Waals surface area (Å²) in [5.41, 5.74) is 0.876. The molecule has 0 amide bonds. The van der Waals surface area contributed by atoms with Crippen LogP contribution in [0.15, 0.2) is 48.5 Å². The van der Waals surface area contributed by atoms with Crippen molar-refractivity contribution < 1.29 is 9.50 Å². The highest BCUT2D eigenvalue weighted by Gasteiger charge is 2.49. The maximum atomic E-state index is 14.1. The summed E-state index contributed by atoms with van der Waals surface area (Å²) in [5.74, 6) is 0.449. The van der Waals surface area contributed by atoms with E-state index in [4.69, 9.17) is 11.6 Å². The molecule has 1 saturated carbocycles. The van der Waals surface area contributed by atoms with Crippen molar-refractivity contribution in [1.82, 2.24) is 4.90 Å². The Kier molecular flexibility index (Phi) is 4.57. The molecule has 0 bridgehead atoms. The van der Waals surface area contributed by atoms with Crippen LogP contribution in [0.3, 0.4) is 0 Å². The van der Waals surface area contributed by atoms with Gasteiger partial charge >= 0.3 is 0 Å². The van der Waals surface area contributed by atoms with Gasteiger partial charge in [0.05, 0.1) is 5.60 Å². The molecule has 0 radical (unpaired) electrons. The maximum absolute atomic E-state index is 14.1. The number of nitrogens with zero attached hydrogens (tertiary/aromatic N) is 1. The molecule has 2 aromatic rings. The van der Waals surface area contributed by atoms with Gasteiger partial charge in [0.15, 0.2) is 0 Å². The van der Waals surface area contributed by atoms with Gasteiger partial charge in [-0.2, -0.15) is 0 Å². The number of hydrogen-bond acceptors (Lipinski definition) is 2. The largest absolute Gasteiger partial charge is 0.385 e. The van der Waals surface area contributed by atoms with Crippen molar-refractivity contribution in [2.75, 3.05) is 13.1 Å². The fraction of sp³-hybridized carbons (Fsp3) is 0.429. The van der Waals surface area contributed by atoms with Crippen LogP contribution in [0, 0.1) is 17.7 Å². The van der Waals surface area contributed by atoms with Crippen LogP contribution in [0.4, 0.5) is 4.39 Å². The molecule has 4 heteroatoms. The molecule has 0 aromatic heterocycles. The van der Waals surface area contributed by atoms with Gasteiger partial charge in [-0.15, -0.1) is 0 Å². The Bertz CT molecular complexity index is 753. The Morgan fingerprint density at radius 3 is 2.76 bits per heavy atom. The molecule has 4 rings (SSSR count). The number of likely N-dealkylation sites (tertiary alicyclic amines) is 1. The number of aliphatic hydroxyl groups is 1. The van der Waals surface area contributed by atoms with Crippen LogP contribution in [-0.2, 0) is 12.1 Å². The SMILES string of the molecule is O[C@@]1(c2ccccc2)CCC[C@H]2CN(Cc3cc(Cl)ccc3F)C[C@H]21. The molecule has 1 N–H and O–H groups in total. The monoisotopic (exact) mass is 359 g/mol. The van der Waals surface area contributed by atoms with Crippen LogP contribution in [0.1, 0.15) is 30.4 Å². The highest BCUT2D eigenvalue weighted by Crippen LogP contribution is 2.48. The smallest absolute Gasteiger partial charge is 0.127 e. The van der Waals surface area contributed by atoms with E-state index in [9.17, 15) is 9.50 Å². The average Bonchev–Trinajstić information content (AvgIpc) is 3.03. The van der Waals surface area contributed by atoms with E-state index < -0.39 is 5.60 Å². The van der Waals surface area contributed by atoms with Crippen LogP contribution in [0.25, 0.3) is 0 Å². The maximum Gasteiger partial charge on any atom is 0.127 e. The van der Waals surface area contributed by atoms with Crippen molar-refractivity contribution >= 4 is 11.6 Å². The number of hydrogen-bond donors (Lipinski definition) is 1. The quantitative estimate of drug-likeness (QED) is 0.865. The fourth-order valence-electron chi connectivity index (χ4n) is 4.73. The molecular weight excluding hydrogens is 337 g/mol. The van der Waals surface area contributed by atoms with Gasteiger partial charge in [-0.3, -0.25) is 4.90 Å². The van der Waals surface area contributed by atoms with Crippen LogP contribution < -0.4 is 0 Å². The highest BCUT2D eigenvalue weighted by molar-refractivity contribution is 6.30. The van der Waals surface area contributed by atoms with Gasteiger partial charge in [0, 0.05) is 36.1 Å². The predicted octanol–water partition coefficient (Wildman–Crippen LogP) is 4.60. The van der Waals surface area contributed by atoms with Gasteiger partial charge in [0.2, 0.25) is 0 Å². The van der Waals surface area contributed by atoms with Crippen LogP contribution in [0.5, 0.6) is 0 Å². The molecule has 1 aliphatic heterocycles. The zero-order valence-electron chi connectivity index (χ0n) is 14.2. The Morgan fingerprint density at radius 2 is 1.96 bits per heavy atom. The Hall–Kier alpha value is -1.42. The average molecular weight is 360 g/mol. The van der Waals surface area contributed by atoms with Crippen molar-refractivity contribution in [1.29, 1.82) is 0 Å². The third-order valence-electron chi connectivity index (χ3n) is 5.94. The molecule has 25 heavy (non-hydrogen) atoms. The van der Waals surface area contributed by atoms with Crippen LogP contribution >= 0.6 is 11.6 Å². The first kappa shape index (κ1) is 17.0. The third-order valence-corrected chi connectivity index (χ3v) is 6.17. The standard InChI is InChI=1S/C21H23ClFNO/c22-18-8-9-20(23)16(11-18)13-24-12-15-5-4-10-21(25,19(15)14-24)17-6-2-1-3-7-17/h1-3,6-9,11,15,19,25H,4-5,10,12-14H2/t15-,19+,21+/m0/s1. The first-order valence-electron chi connectivity index (χ1n) is 9.00. The number of fused-ring (bicyclic) bond motifs is 1. The van der Waals surface area contributed by atoms with Crippen molar-refractivity contribution in [2.24, 2.45) is 11.8 Å². The van der Waals surface area contributed by atoms with Crippen molar-refractivity contribution in [2.45, 2.75) is 31.4 Å². The van der Waals surface area contributed by atoms with Crippen molar-refractivity contribution in [3.63, 3.8) is 0 Å². The van der Waals surface area contributed by atoms with E-state index in [0.717, 1.165) is 37.9 Å². The minimum Gasteiger partial charge on any atom is -0.385 e. The van der Waals surface area contributed by atoms with Crippen LogP contribution in [-0.4, -0.2) is 23.1 Å². The minimum absolute atomic E-state index is 0.200. The molecule has 2 aliphatic rings. The van der Waals surface area contributed by atoms with Gasteiger partial charge in [-0.25, -0.2) is 4.39 Å². The second-order valence-electron chi connectivity index (χ2n) is 7.48. The van der Waals surface area contributed by atoms with Crippen molar-refractivity contribution in [3.8, 4) is 0 Å². The summed E-state index contributed by atoms with van der Waals surface area (Å²) in [7, 11) is 0. The first-order valence-corrected chi connectivity index (χ1v) is 9.38. The summed E-state index contributed by atoms with van der Waals surface area (Å²) < 4.78 is 14.1. The zero-order valence-corrected chi connectivity index (χ0v) is 14.9. The summed E-state index contributed by atoms with van der Waals surface area (Å²) in [4.78, 5) is 2.27. The summed E-state index contributed by atoms with van der Waals surface area (Å²) in [5, 5.41) is 12.0. The van der Waals surface area contributed by atoms with E-state index in [1.54, 1.807) is 12.1 Å². The van der Waals surface area contributed by atoms with E-state index in [2.05, 4.69) is 4.90 Å². The van der Waals surface area contributed by atoms with Gasteiger partial charge < -0.3 is 5.11 Å². The van der Waals surface area contributed by atoms with Gasteiger partial charge in [-0.1, -0.05) is 41.9 Å². The van der Waals surface area contributed by atoms with Gasteiger partial charge in [-0.05, 0) is 48.9 Å². The van der Waals surface area contributed by atoms with Crippen LogP contribution in [0.2, 0.25) is 5.02 Å². The molecule has 0 spiro atoms. The number of rotatable bonds is 3. The molecule has 1 heterocycles. The Balaban J connectivity index is 1.56. The molecule has 3 atom stereocenters. The molecule has 2 fully saturated rings. The summed E-state index contributed by atoms with van der Waals surface area (Å²) in [6.45, 7) is 2.25. The molecular formula is C21H23ClFNO. The molecule has 1 saturated heterocycles. The lowest BCUT2D eigenvalue weighted by Crippen LogP contribution is -2.42. The highest BCUT2D eigenvalue weighted by atomic mass is 35.5. The molecule has 2 aromatic carbocycles. The Labute approximate surface area is 153 Å². The van der Waals surface area contributed by atoms with Crippen molar-refractivity contribution in [3.05, 3.63) is 70.5 Å². The lowest BCUT2D eigenvalue weighted by Gasteiger charge is -2.41. The predicted molar refractivity (Wildman–Crippen MR) is 97.9 cm³/mol. The summed E-state index contributed by atoms with van der Waals surface area (Å²) >= 11 is 6.02. The fourth-order valence-corrected chi connectivity index (χ4v) is 4.93. The number of benzene rings is 2. The van der Waals surface area contributed by atoms with E-state index in [1.807, 2.05) is 30.3 Å². The topological polar surface area (TPSA) is 23.5 Å². The normalized spacial score (nSPS) is 29.6. The summed E-state index contributed by atoms with van der Waals surface area (Å²) in [6, 6.07) is 14.7. The lowest BCUT2D eigenvalue weighted by molar-refractivity contribution is -0.0648. The third kappa shape index (κ3) is 3.21. The molecule has 0 unspecified atom stereocenters.